The van der Waals surface area contributed by atoms with Crippen LogP contribution in [0.15, 0.2) is 65.8 Å². The number of hydrogen-bond acceptors (Lipinski definition) is 7. The van der Waals surface area contributed by atoms with Gasteiger partial charge in [0, 0.05) is 56.7 Å². The van der Waals surface area contributed by atoms with E-state index in [0.717, 1.165) is 38.3 Å². The fraction of sp³-hybridized carbons (Fsp3) is 0.360. The third-order valence-corrected chi connectivity index (χ3v) is 7.42. The molecule has 0 radical (unpaired) electrons. The Morgan fingerprint density at radius 1 is 1.00 bits per heavy atom. The summed E-state index contributed by atoms with van der Waals surface area (Å²) >= 11 is 0. The molecule has 3 aromatic rings. The minimum absolute atomic E-state index is 0.0190. The Morgan fingerprint density at radius 3 is 2.41 bits per heavy atom. The van der Waals surface area contributed by atoms with Gasteiger partial charge in [-0.2, -0.15) is 0 Å². The van der Waals surface area contributed by atoms with Crippen LogP contribution in [0.1, 0.15) is 19.4 Å². The van der Waals surface area contributed by atoms with Crippen LogP contribution in [0.4, 0.5) is 5.69 Å². The highest BCUT2D eigenvalue weighted by Gasteiger charge is 2.21. The van der Waals surface area contributed by atoms with E-state index in [1.54, 1.807) is 24.4 Å². The van der Waals surface area contributed by atoms with Gasteiger partial charge in [-0.05, 0) is 43.7 Å². The quantitative estimate of drug-likeness (QED) is 0.527. The van der Waals surface area contributed by atoms with Crippen molar-refractivity contribution in [1.82, 2.24) is 19.8 Å². The molecule has 1 aliphatic rings. The molecular formula is C25H31N5O3S. The highest BCUT2D eigenvalue weighted by Crippen LogP contribution is 2.26. The van der Waals surface area contributed by atoms with E-state index in [4.69, 9.17) is 4.74 Å². The van der Waals surface area contributed by atoms with Crippen molar-refractivity contribution in [1.29, 1.82) is 0 Å². The summed E-state index contributed by atoms with van der Waals surface area (Å²) in [6, 6.07) is 15.2. The van der Waals surface area contributed by atoms with Gasteiger partial charge in [0.25, 0.3) is 10.0 Å². The van der Waals surface area contributed by atoms with Crippen molar-refractivity contribution in [2.45, 2.75) is 31.3 Å². The molecule has 4 rings (SSSR count). The molecule has 0 atom stereocenters. The van der Waals surface area contributed by atoms with E-state index in [2.05, 4.69) is 50.5 Å². The van der Waals surface area contributed by atoms with Gasteiger partial charge in [-0.1, -0.05) is 24.3 Å². The van der Waals surface area contributed by atoms with Crippen molar-refractivity contribution >= 4 is 15.7 Å². The van der Waals surface area contributed by atoms with Gasteiger partial charge in [0.05, 0.1) is 18.5 Å². The zero-order valence-corrected chi connectivity index (χ0v) is 20.6. The van der Waals surface area contributed by atoms with E-state index in [-0.39, 0.29) is 10.8 Å². The lowest BCUT2D eigenvalue weighted by Gasteiger charge is -2.36. The number of ether oxygens (including phenoxy) is 1. The van der Waals surface area contributed by atoms with Gasteiger partial charge >= 0.3 is 0 Å². The van der Waals surface area contributed by atoms with Crippen LogP contribution >= 0.6 is 0 Å². The largest absolute Gasteiger partial charge is 0.480 e. The lowest BCUT2D eigenvalue weighted by atomic mass is 10.1. The monoisotopic (exact) mass is 481 g/mol. The smallest absolute Gasteiger partial charge is 0.267 e. The van der Waals surface area contributed by atoms with Crippen LogP contribution in [0.3, 0.4) is 0 Å². The van der Waals surface area contributed by atoms with Gasteiger partial charge < -0.3 is 4.74 Å². The summed E-state index contributed by atoms with van der Waals surface area (Å²) in [5, 5.41) is 0. The summed E-state index contributed by atoms with van der Waals surface area (Å²) in [6.07, 6.45) is 3.08. The second kappa shape index (κ2) is 10.5. The van der Waals surface area contributed by atoms with Gasteiger partial charge in [-0.15, -0.1) is 0 Å². The molecule has 1 aromatic carbocycles. The molecule has 3 heterocycles. The molecule has 0 amide bonds. The summed E-state index contributed by atoms with van der Waals surface area (Å²) in [6.45, 7) is 9.78. The zero-order chi connectivity index (χ0) is 24.1. The summed E-state index contributed by atoms with van der Waals surface area (Å²) in [5.41, 5.74) is 3.29. The first-order valence-corrected chi connectivity index (χ1v) is 12.9. The third kappa shape index (κ3) is 5.72. The van der Waals surface area contributed by atoms with E-state index < -0.39 is 10.0 Å². The molecule has 34 heavy (non-hydrogen) atoms. The van der Waals surface area contributed by atoms with Gasteiger partial charge in [0.1, 0.15) is 4.90 Å². The fourth-order valence-electron chi connectivity index (χ4n) is 4.07. The summed E-state index contributed by atoms with van der Waals surface area (Å²) < 4.78 is 33.4. The fourth-order valence-corrected chi connectivity index (χ4v) is 5.24. The Labute approximate surface area is 201 Å². The SMILES string of the molecule is COc1ncccc1S(=O)(=O)Nc1ccnc(-c2ccc(CN3CCN(C(C)C)CC3)cc2)c1. The van der Waals surface area contributed by atoms with E-state index in [9.17, 15) is 8.42 Å². The number of hydrogen-bond donors (Lipinski definition) is 1. The molecule has 1 fully saturated rings. The molecule has 1 aliphatic heterocycles. The van der Waals surface area contributed by atoms with Crippen molar-refractivity contribution < 1.29 is 13.2 Å². The molecule has 180 valence electrons. The highest BCUT2D eigenvalue weighted by molar-refractivity contribution is 7.92. The first-order chi connectivity index (χ1) is 16.4. The van der Waals surface area contributed by atoms with E-state index in [1.165, 1.54) is 24.9 Å². The maximum Gasteiger partial charge on any atom is 0.267 e. The highest BCUT2D eigenvalue weighted by atomic mass is 32.2. The zero-order valence-electron chi connectivity index (χ0n) is 19.8. The van der Waals surface area contributed by atoms with Crippen molar-refractivity contribution in [3.63, 3.8) is 0 Å². The summed E-state index contributed by atoms with van der Waals surface area (Å²) in [7, 11) is -2.47. The normalized spacial score (nSPS) is 15.4. The Hall–Kier alpha value is -3.01. The summed E-state index contributed by atoms with van der Waals surface area (Å²) in [5.74, 6) is 0.0467. The minimum Gasteiger partial charge on any atom is -0.480 e. The Morgan fingerprint density at radius 2 is 1.74 bits per heavy atom. The number of nitrogens with one attached hydrogen (secondary N) is 1. The molecule has 0 aliphatic carbocycles. The first kappa shape index (κ1) is 24.1. The first-order valence-electron chi connectivity index (χ1n) is 11.4. The van der Waals surface area contributed by atoms with Crippen molar-refractivity contribution in [2.75, 3.05) is 38.0 Å². The number of nitrogens with zero attached hydrogens (tertiary/aromatic N) is 4. The van der Waals surface area contributed by atoms with Crippen LogP contribution in [0, 0.1) is 0 Å². The van der Waals surface area contributed by atoms with E-state index in [0.29, 0.717) is 17.4 Å². The van der Waals surface area contributed by atoms with Gasteiger partial charge in [-0.25, -0.2) is 13.4 Å². The lowest BCUT2D eigenvalue weighted by molar-refractivity contribution is 0.104. The second-order valence-electron chi connectivity index (χ2n) is 8.65. The number of pyridine rings is 2. The predicted molar refractivity (Wildman–Crippen MR) is 133 cm³/mol. The minimum atomic E-state index is -3.86. The Balaban J connectivity index is 1.44. The lowest BCUT2D eigenvalue weighted by Crippen LogP contribution is -2.48. The average Bonchev–Trinajstić information content (AvgIpc) is 2.85. The molecule has 0 saturated carbocycles. The summed E-state index contributed by atoms with van der Waals surface area (Å²) in [4.78, 5) is 13.4. The van der Waals surface area contributed by atoms with Crippen LogP contribution in [0.2, 0.25) is 0 Å². The number of aromatic nitrogens is 2. The van der Waals surface area contributed by atoms with E-state index in [1.807, 2.05) is 12.1 Å². The Bertz CT molecular complexity index is 1210. The number of benzene rings is 1. The maximum absolute atomic E-state index is 12.9. The molecule has 0 unspecified atom stereocenters. The number of methoxy groups -OCH3 is 1. The number of anilines is 1. The molecule has 1 N–H and O–H groups in total. The maximum atomic E-state index is 12.9. The van der Waals surface area contributed by atoms with Crippen LogP contribution < -0.4 is 9.46 Å². The number of rotatable bonds is 8. The second-order valence-corrected chi connectivity index (χ2v) is 10.3. The van der Waals surface area contributed by atoms with Crippen LogP contribution in [-0.2, 0) is 16.6 Å². The molecule has 8 nitrogen and oxygen atoms in total. The average molecular weight is 482 g/mol. The topological polar surface area (TPSA) is 87.7 Å². The van der Waals surface area contributed by atoms with E-state index >= 15 is 0 Å². The van der Waals surface area contributed by atoms with Gasteiger partial charge in [0.15, 0.2) is 0 Å². The molecule has 2 aromatic heterocycles. The molecule has 1 saturated heterocycles. The van der Waals surface area contributed by atoms with Crippen molar-refractivity contribution in [2.24, 2.45) is 0 Å². The number of sulfonamides is 1. The van der Waals surface area contributed by atoms with Crippen LogP contribution in [0.5, 0.6) is 5.88 Å². The van der Waals surface area contributed by atoms with Crippen LogP contribution in [0.25, 0.3) is 11.3 Å². The third-order valence-electron chi connectivity index (χ3n) is 6.02. The van der Waals surface area contributed by atoms with Gasteiger partial charge in [-0.3, -0.25) is 19.5 Å². The Kier molecular flexibility index (Phi) is 7.45. The predicted octanol–water partition coefficient (Wildman–Crippen LogP) is 3.48. The molecule has 9 heteroatoms. The standard InChI is InChI=1S/C25H31N5O3S/c1-19(2)30-15-13-29(14-16-30)18-20-6-8-21(9-7-20)23-17-22(10-12-26-23)28-34(31,32)24-5-4-11-27-25(24)33-3/h4-12,17,19H,13-16,18H2,1-3H3,(H,26,28). The van der Waals surface area contributed by atoms with Crippen molar-refractivity contribution in [3.8, 4) is 17.1 Å². The van der Waals surface area contributed by atoms with Crippen LogP contribution in [-0.4, -0.2) is 67.5 Å². The number of piperazine rings is 1. The molecular weight excluding hydrogens is 450 g/mol. The molecule has 0 bridgehead atoms. The van der Waals surface area contributed by atoms with Gasteiger partial charge in [0.2, 0.25) is 5.88 Å². The van der Waals surface area contributed by atoms with Crippen molar-refractivity contribution in [3.05, 3.63) is 66.5 Å². The molecule has 0 spiro atoms.